The summed E-state index contributed by atoms with van der Waals surface area (Å²) in [5.41, 5.74) is -0.123. The lowest BCUT2D eigenvalue weighted by atomic mass is 9.92. The zero-order valence-corrected chi connectivity index (χ0v) is 10.9. The number of carboxylic acid groups (broad SMARTS) is 1. The van der Waals surface area contributed by atoms with Gasteiger partial charge in [-0.05, 0) is 27.6 Å². The van der Waals surface area contributed by atoms with Crippen molar-refractivity contribution < 1.29 is 19.5 Å². The molecule has 0 saturated heterocycles. The van der Waals surface area contributed by atoms with Gasteiger partial charge >= 0.3 is 5.97 Å². The molecule has 0 aliphatic carbocycles. The summed E-state index contributed by atoms with van der Waals surface area (Å²) < 4.78 is 0. The number of benzene rings is 3. The lowest BCUT2D eigenvalue weighted by Crippen LogP contribution is -2.06. The van der Waals surface area contributed by atoms with Gasteiger partial charge in [0.15, 0.2) is 12.6 Å². The maximum Gasteiger partial charge on any atom is 0.336 e. The number of carbonyl (C=O) groups excluding carboxylic acids is 2. The van der Waals surface area contributed by atoms with Crippen LogP contribution in [0.25, 0.3) is 21.5 Å². The van der Waals surface area contributed by atoms with Gasteiger partial charge in [-0.2, -0.15) is 0 Å². The Kier molecular flexibility index (Phi) is 2.99. The van der Waals surface area contributed by atoms with E-state index in [1.807, 2.05) is 30.3 Å². The first-order valence-corrected chi connectivity index (χ1v) is 6.29. The van der Waals surface area contributed by atoms with Crippen molar-refractivity contribution >= 4 is 40.1 Å². The molecule has 0 bridgehead atoms. The number of carbonyl (C=O) groups is 3. The number of carboxylic acids is 1. The third-order valence-electron chi connectivity index (χ3n) is 3.60. The number of fused-ring (bicyclic) bond motifs is 3. The quantitative estimate of drug-likeness (QED) is 0.589. The summed E-state index contributed by atoms with van der Waals surface area (Å²) in [5, 5.41) is 12.3. The minimum atomic E-state index is -1.23. The van der Waals surface area contributed by atoms with E-state index in [4.69, 9.17) is 0 Å². The topological polar surface area (TPSA) is 71.4 Å². The first-order valence-electron chi connectivity index (χ1n) is 6.29. The van der Waals surface area contributed by atoms with Crippen molar-refractivity contribution in [3.8, 4) is 0 Å². The second-order valence-electron chi connectivity index (χ2n) is 4.67. The molecule has 4 nitrogen and oxygen atoms in total. The lowest BCUT2D eigenvalue weighted by Gasteiger charge is -2.10. The van der Waals surface area contributed by atoms with Crippen LogP contribution in [0.3, 0.4) is 0 Å². The van der Waals surface area contributed by atoms with E-state index in [0.717, 1.165) is 10.8 Å². The van der Waals surface area contributed by atoms with Crippen LogP contribution in [0.4, 0.5) is 0 Å². The first-order chi connectivity index (χ1) is 10.2. The van der Waals surface area contributed by atoms with E-state index in [1.54, 1.807) is 6.07 Å². The predicted octanol–water partition coefficient (Wildman–Crippen LogP) is 3.32. The summed E-state index contributed by atoms with van der Waals surface area (Å²) in [4.78, 5) is 33.9. The van der Waals surface area contributed by atoms with Crippen molar-refractivity contribution in [3.05, 3.63) is 59.2 Å². The number of aldehydes is 2. The number of hydrogen-bond donors (Lipinski definition) is 1. The van der Waals surface area contributed by atoms with E-state index in [0.29, 0.717) is 23.3 Å². The Bertz CT molecular complexity index is 909. The van der Waals surface area contributed by atoms with E-state index >= 15 is 0 Å². The van der Waals surface area contributed by atoms with Gasteiger partial charge in [-0.3, -0.25) is 9.59 Å². The molecule has 0 spiro atoms. The van der Waals surface area contributed by atoms with Gasteiger partial charge in [0.2, 0.25) is 0 Å². The van der Waals surface area contributed by atoms with Crippen molar-refractivity contribution in [2.24, 2.45) is 0 Å². The van der Waals surface area contributed by atoms with Crippen LogP contribution < -0.4 is 0 Å². The Morgan fingerprint density at radius 1 is 0.857 bits per heavy atom. The highest BCUT2D eigenvalue weighted by Gasteiger charge is 2.18. The molecule has 0 aromatic heterocycles. The summed E-state index contributed by atoms with van der Waals surface area (Å²) in [7, 11) is 0. The molecule has 1 N–H and O–H groups in total. The van der Waals surface area contributed by atoms with Crippen LogP contribution in [0.2, 0.25) is 0 Å². The summed E-state index contributed by atoms with van der Waals surface area (Å²) >= 11 is 0. The largest absolute Gasteiger partial charge is 0.478 e. The van der Waals surface area contributed by atoms with Gasteiger partial charge in [0.1, 0.15) is 0 Å². The SMILES string of the molecule is O=Cc1c(C(=O)O)cc2c(ccc3ccccc32)c1C=O. The monoisotopic (exact) mass is 278 g/mol. The lowest BCUT2D eigenvalue weighted by molar-refractivity contribution is 0.0694. The highest BCUT2D eigenvalue weighted by atomic mass is 16.4. The molecule has 3 aromatic rings. The van der Waals surface area contributed by atoms with Crippen LogP contribution in [-0.4, -0.2) is 23.6 Å². The molecule has 0 aliphatic heterocycles. The zero-order chi connectivity index (χ0) is 15.0. The number of aromatic carboxylic acids is 1. The molecule has 21 heavy (non-hydrogen) atoms. The van der Waals surface area contributed by atoms with E-state index in [-0.39, 0.29) is 16.7 Å². The van der Waals surface area contributed by atoms with Gasteiger partial charge in [-0.25, -0.2) is 4.79 Å². The summed E-state index contributed by atoms with van der Waals surface area (Å²) in [6.07, 6.45) is 0.953. The second kappa shape index (κ2) is 4.83. The van der Waals surface area contributed by atoms with E-state index in [1.165, 1.54) is 6.07 Å². The predicted molar refractivity (Wildman–Crippen MR) is 79.2 cm³/mol. The Morgan fingerprint density at radius 3 is 2.24 bits per heavy atom. The number of hydrogen-bond acceptors (Lipinski definition) is 3. The molecule has 0 saturated carbocycles. The summed E-state index contributed by atoms with van der Waals surface area (Å²) in [6, 6.07) is 12.5. The molecular weight excluding hydrogens is 268 g/mol. The van der Waals surface area contributed by atoms with Crippen LogP contribution in [0.5, 0.6) is 0 Å². The van der Waals surface area contributed by atoms with Crippen molar-refractivity contribution in [1.29, 1.82) is 0 Å². The van der Waals surface area contributed by atoms with E-state index in [2.05, 4.69) is 0 Å². The fourth-order valence-electron chi connectivity index (χ4n) is 2.63. The van der Waals surface area contributed by atoms with Crippen molar-refractivity contribution in [3.63, 3.8) is 0 Å². The highest BCUT2D eigenvalue weighted by molar-refractivity contribution is 6.18. The molecule has 4 heteroatoms. The Hall–Kier alpha value is -3.01. The van der Waals surface area contributed by atoms with Crippen LogP contribution >= 0.6 is 0 Å². The Labute approximate surface area is 119 Å². The second-order valence-corrected chi connectivity index (χ2v) is 4.67. The zero-order valence-electron chi connectivity index (χ0n) is 10.9. The fraction of sp³-hybridized carbons (Fsp3) is 0. The molecule has 0 amide bonds. The normalized spacial score (nSPS) is 10.7. The first kappa shape index (κ1) is 13.0. The molecule has 0 fully saturated rings. The average Bonchev–Trinajstić information content (AvgIpc) is 2.52. The van der Waals surface area contributed by atoms with E-state index < -0.39 is 5.97 Å². The molecule has 0 aliphatic rings. The maximum absolute atomic E-state index is 11.4. The standard InChI is InChI=1S/C17H10O4/c18-8-15-12-6-5-10-3-1-2-4-11(10)13(12)7-14(17(20)21)16(15)9-19/h1-9H,(H,20,21). The minimum absolute atomic E-state index is 0.0831. The molecule has 3 rings (SSSR count). The van der Waals surface area contributed by atoms with Crippen molar-refractivity contribution in [2.75, 3.05) is 0 Å². The van der Waals surface area contributed by atoms with E-state index in [9.17, 15) is 19.5 Å². The number of rotatable bonds is 3. The Balaban J connectivity index is 2.60. The molecule has 0 heterocycles. The molecule has 0 radical (unpaired) electrons. The molecule has 0 unspecified atom stereocenters. The van der Waals surface area contributed by atoms with Crippen LogP contribution in [0.1, 0.15) is 31.1 Å². The van der Waals surface area contributed by atoms with Crippen LogP contribution in [-0.2, 0) is 0 Å². The molecule has 0 atom stereocenters. The molecule has 102 valence electrons. The average molecular weight is 278 g/mol. The summed E-state index contributed by atoms with van der Waals surface area (Å²) in [5.74, 6) is -1.23. The van der Waals surface area contributed by atoms with Gasteiger partial charge in [-0.15, -0.1) is 0 Å². The van der Waals surface area contributed by atoms with Crippen LogP contribution in [0, 0.1) is 0 Å². The highest BCUT2D eigenvalue weighted by Crippen LogP contribution is 2.30. The van der Waals surface area contributed by atoms with Gasteiger partial charge < -0.3 is 5.11 Å². The van der Waals surface area contributed by atoms with Gasteiger partial charge in [0, 0.05) is 11.1 Å². The van der Waals surface area contributed by atoms with Crippen LogP contribution in [0.15, 0.2) is 42.5 Å². The maximum atomic E-state index is 11.4. The smallest absolute Gasteiger partial charge is 0.336 e. The third-order valence-corrected chi connectivity index (χ3v) is 3.60. The van der Waals surface area contributed by atoms with Crippen molar-refractivity contribution in [2.45, 2.75) is 0 Å². The van der Waals surface area contributed by atoms with Gasteiger partial charge in [0.25, 0.3) is 0 Å². The molecular formula is C17H10O4. The Morgan fingerprint density at radius 2 is 1.57 bits per heavy atom. The van der Waals surface area contributed by atoms with Gasteiger partial charge in [0.05, 0.1) is 5.56 Å². The van der Waals surface area contributed by atoms with Gasteiger partial charge in [-0.1, -0.05) is 36.4 Å². The minimum Gasteiger partial charge on any atom is -0.478 e. The van der Waals surface area contributed by atoms with Crippen molar-refractivity contribution in [1.82, 2.24) is 0 Å². The third kappa shape index (κ3) is 1.89. The molecule has 3 aromatic carbocycles. The fourth-order valence-corrected chi connectivity index (χ4v) is 2.63. The summed E-state index contributed by atoms with van der Waals surface area (Å²) in [6.45, 7) is 0.